The summed E-state index contributed by atoms with van der Waals surface area (Å²) in [5, 5.41) is 9.43. The van der Waals surface area contributed by atoms with Crippen molar-refractivity contribution < 1.29 is 19.1 Å². The number of hydrogen-bond acceptors (Lipinski definition) is 7. The highest BCUT2D eigenvalue weighted by atomic mass is 35.5. The number of halogens is 1. The van der Waals surface area contributed by atoms with Crippen LogP contribution in [0.4, 0.5) is 11.7 Å². The van der Waals surface area contributed by atoms with E-state index in [9.17, 15) is 9.59 Å². The van der Waals surface area contributed by atoms with Gasteiger partial charge >= 0.3 is 5.97 Å². The molecule has 1 N–H and O–H groups in total. The fraction of sp³-hybridized carbons (Fsp3) is 0.375. The van der Waals surface area contributed by atoms with E-state index in [1.54, 1.807) is 23.1 Å². The molecule has 140 valence electrons. The highest BCUT2D eigenvalue weighted by molar-refractivity contribution is 8.26. The third-order valence-electron chi connectivity index (χ3n) is 3.62. The number of carboxylic acid groups (broad SMARTS) is 1. The Kier molecular flexibility index (Phi) is 6.49. The maximum absolute atomic E-state index is 11.7. The SMILES string of the molecule is CN(C)c1nc2cc(N=C3SC(=O)CCN3CCC(=O)O)ccc2o1.Cl. The first-order chi connectivity index (χ1) is 11.9. The highest BCUT2D eigenvalue weighted by Crippen LogP contribution is 2.28. The number of amidine groups is 1. The van der Waals surface area contributed by atoms with Gasteiger partial charge in [-0.1, -0.05) is 0 Å². The molecule has 0 unspecified atom stereocenters. The Hall–Kier alpha value is -2.26. The van der Waals surface area contributed by atoms with Crippen LogP contribution in [0.2, 0.25) is 0 Å². The van der Waals surface area contributed by atoms with Crippen molar-refractivity contribution in [3.8, 4) is 0 Å². The largest absolute Gasteiger partial charge is 0.481 e. The third-order valence-corrected chi connectivity index (χ3v) is 4.59. The minimum atomic E-state index is -0.874. The van der Waals surface area contributed by atoms with E-state index in [-0.39, 0.29) is 23.9 Å². The van der Waals surface area contributed by atoms with E-state index in [1.165, 1.54) is 0 Å². The lowest BCUT2D eigenvalue weighted by atomic mass is 10.3. The summed E-state index contributed by atoms with van der Waals surface area (Å²) < 4.78 is 5.61. The van der Waals surface area contributed by atoms with Crippen LogP contribution in [-0.4, -0.2) is 58.4 Å². The van der Waals surface area contributed by atoms with Crippen molar-refractivity contribution in [2.45, 2.75) is 12.8 Å². The number of oxazole rings is 1. The first kappa shape index (κ1) is 20.1. The molecule has 0 radical (unpaired) electrons. The lowest BCUT2D eigenvalue weighted by Gasteiger charge is -2.28. The van der Waals surface area contributed by atoms with E-state index in [1.807, 2.05) is 19.0 Å². The van der Waals surface area contributed by atoms with Gasteiger partial charge in [0.1, 0.15) is 5.52 Å². The van der Waals surface area contributed by atoms with Gasteiger partial charge in [0.2, 0.25) is 0 Å². The Bertz CT molecular complexity index is 852. The molecule has 1 aromatic heterocycles. The summed E-state index contributed by atoms with van der Waals surface area (Å²) >= 11 is 1.05. The number of thioether (sulfide) groups is 1. The predicted molar refractivity (Wildman–Crippen MR) is 104 cm³/mol. The van der Waals surface area contributed by atoms with E-state index >= 15 is 0 Å². The van der Waals surface area contributed by atoms with Crippen LogP contribution < -0.4 is 4.90 Å². The lowest BCUT2D eigenvalue weighted by Crippen LogP contribution is -2.37. The van der Waals surface area contributed by atoms with Gasteiger partial charge in [0.05, 0.1) is 12.1 Å². The number of carboxylic acids is 1. The number of hydrogen-bond donors (Lipinski definition) is 1. The van der Waals surface area contributed by atoms with Crippen LogP contribution in [-0.2, 0) is 9.59 Å². The molecular weight excluding hydrogens is 380 g/mol. The molecule has 1 aliphatic heterocycles. The Morgan fingerprint density at radius 1 is 1.46 bits per heavy atom. The number of carbonyl (C=O) groups is 2. The molecular formula is C16H19ClN4O4S. The molecule has 0 saturated carbocycles. The molecule has 0 atom stereocenters. The molecule has 0 bridgehead atoms. The van der Waals surface area contributed by atoms with Crippen LogP contribution >= 0.6 is 24.2 Å². The van der Waals surface area contributed by atoms with Crippen molar-refractivity contribution in [2.24, 2.45) is 4.99 Å². The zero-order chi connectivity index (χ0) is 18.0. The summed E-state index contributed by atoms with van der Waals surface area (Å²) in [6, 6.07) is 5.86. The number of aliphatic imine (C=N–C) groups is 1. The summed E-state index contributed by atoms with van der Waals surface area (Å²) in [7, 11) is 3.69. The fourth-order valence-electron chi connectivity index (χ4n) is 2.35. The molecule has 3 rings (SSSR count). The number of fused-ring (bicyclic) bond motifs is 1. The Morgan fingerprint density at radius 3 is 2.92 bits per heavy atom. The molecule has 8 nitrogen and oxygen atoms in total. The summed E-state index contributed by atoms with van der Waals surface area (Å²) in [4.78, 5) is 35.1. The quantitative estimate of drug-likeness (QED) is 0.820. The van der Waals surface area contributed by atoms with Crippen molar-refractivity contribution >= 4 is 63.2 Å². The van der Waals surface area contributed by atoms with Gasteiger partial charge < -0.3 is 19.3 Å². The Labute approximate surface area is 160 Å². The summed E-state index contributed by atoms with van der Waals surface area (Å²) in [5.41, 5.74) is 1.97. The van der Waals surface area contributed by atoms with Crippen molar-refractivity contribution in [1.29, 1.82) is 0 Å². The van der Waals surface area contributed by atoms with E-state index in [0.717, 1.165) is 11.8 Å². The molecule has 26 heavy (non-hydrogen) atoms. The normalized spacial score (nSPS) is 16.0. The summed E-state index contributed by atoms with van der Waals surface area (Å²) in [5.74, 6) is -0.874. The summed E-state index contributed by atoms with van der Waals surface area (Å²) in [6.07, 6.45) is 0.389. The highest BCUT2D eigenvalue weighted by Gasteiger charge is 2.23. The zero-order valence-electron chi connectivity index (χ0n) is 14.3. The van der Waals surface area contributed by atoms with Crippen LogP contribution in [0, 0.1) is 0 Å². The molecule has 2 aromatic rings. The number of nitrogens with zero attached hydrogens (tertiary/aromatic N) is 4. The lowest BCUT2D eigenvalue weighted by molar-refractivity contribution is -0.137. The van der Waals surface area contributed by atoms with Crippen molar-refractivity contribution in [2.75, 3.05) is 32.1 Å². The first-order valence-electron chi connectivity index (χ1n) is 7.76. The Balaban J connectivity index is 0.00000243. The molecule has 0 spiro atoms. The monoisotopic (exact) mass is 398 g/mol. The second-order valence-corrected chi connectivity index (χ2v) is 6.82. The van der Waals surface area contributed by atoms with Gasteiger partial charge in [-0.2, -0.15) is 4.98 Å². The molecule has 2 heterocycles. The van der Waals surface area contributed by atoms with Crippen molar-refractivity contribution in [1.82, 2.24) is 9.88 Å². The van der Waals surface area contributed by atoms with E-state index in [4.69, 9.17) is 9.52 Å². The summed E-state index contributed by atoms with van der Waals surface area (Å²) in [6.45, 7) is 0.806. The number of benzene rings is 1. The molecule has 10 heteroatoms. The van der Waals surface area contributed by atoms with Gasteiger partial charge in [0, 0.05) is 33.6 Å². The van der Waals surface area contributed by atoms with E-state index in [0.29, 0.717) is 47.5 Å². The fourth-order valence-corrected chi connectivity index (χ4v) is 3.21. The molecule has 1 aliphatic rings. The van der Waals surface area contributed by atoms with Gasteiger partial charge in [-0.3, -0.25) is 9.59 Å². The van der Waals surface area contributed by atoms with Gasteiger partial charge in [-0.25, -0.2) is 4.99 Å². The number of rotatable bonds is 5. The molecule has 0 amide bonds. The smallest absolute Gasteiger partial charge is 0.305 e. The zero-order valence-corrected chi connectivity index (χ0v) is 16.0. The molecule has 0 aliphatic carbocycles. The van der Waals surface area contributed by atoms with Crippen molar-refractivity contribution in [3.05, 3.63) is 18.2 Å². The number of aromatic nitrogens is 1. The van der Waals surface area contributed by atoms with Crippen LogP contribution in [0.25, 0.3) is 11.1 Å². The van der Waals surface area contributed by atoms with E-state index < -0.39 is 5.97 Å². The standard InChI is InChI=1S/C16H18N4O4S.ClH/c1-19(2)15-18-11-9-10(3-4-12(11)24-15)17-16-20(7-5-13(21)22)8-6-14(23)25-16;/h3-4,9H,5-8H2,1-2H3,(H,21,22);1H. The minimum absolute atomic E-state index is 0. The van der Waals surface area contributed by atoms with Gasteiger partial charge in [-0.05, 0) is 30.0 Å². The van der Waals surface area contributed by atoms with Crippen molar-refractivity contribution in [3.63, 3.8) is 0 Å². The van der Waals surface area contributed by atoms with Crippen LogP contribution in [0.15, 0.2) is 27.6 Å². The van der Waals surface area contributed by atoms with Crippen LogP contribution in [0.5, 0.6) is 0 Å². The topological polar surface area (TPSA) is 99.2 Å². The average Bonchev–Trinajstić information content (AvgIpc) is 2.97. The van der Waals surface area contributed by atoms with E-state index in [2.05, 4.69) is 9.98 Å². The maximum Gasteiger partial charge on any atom is 0.305 e. The van der Waals surface area contributed by atoms with Crippen LogP contribution in [0.3, 0.4) is 0 Å². The average molecular weight is 399 g/mol. The first-order valence-corrected chi connectivity index (χ1v) is 8.58. The van der Waals surface area contributed by atoms with Gasteiger partial charge in [-0.15, -0.1) is 12.4 Å². The van der Waals surface area contributed by atoms with Crippen LogP contribution in [0.1, 0.15) is 12.8 Å². The maximum atomic E-state index is 11.7. The number of carbonyl (C=O) groups excluding carboxylic acids is 1. The minimum Gasteiger partial charge on any atom is -0.481 e. The van der Waals surface area contributed by atoms with Gasteiger partial charge in [0.25, 0.3) is 6.01 Å². The predicted octanol–water partition coefficient (Wildman–Crippen LogP) is 2.74. The second-order valence-electron chi connectivity index (χ2n) is 5.79. The molecule has 1 fully saturated rings. The Morgan fingerprint density at radius 2 is 2.23 bits per heavy atom. The third kappa shape index (κ3) is 4.67. The number of aliphatic carboxylic acids is 1. The van der Waals surface area contributed by atoms with Gasteiger partial charge in [0.15, 0.2) is 15.9 Å². The number of anilines is 1. The second kappa shape index (κ2) is 8.41. The molecule has 1 saturated heterocycles. The molecule has 1 aromatic carbocycles.